The van der Waals surface area contributed by atoms with E-state index in [-0.39, 0.29) is 0 Å². The van der Waals surface area contributed by atoms with Gasteiger partial charge in [0.25, 0.3) is 16.0 Å². The third-order valence-corrected chi connectivity index (χ3v) is 3.56. The number of carbonyl (C=O) groups is 2. The minimum absolute atomic E-state index is 0.475. The highest BCUT2D eigenvalue weighted by Crippen LogP contribution is 2.30. The molecule has 1 aliphatic rings. The van der Waals surface area contributed by atoms with Crippen LogP contribution < -0.4 is 0 Å². The van der Waals surface area contributed by atoms with Crippen LogP contribution in [0.3, 0.4) is 0 Å². The van der Waals surface area contributed by atoms with Gasteiger partial charge in [0, 0.05) is 18.8 Å². The Hall–Kier alpha value is -0.860. The highest BCUT2D eigenvalue weighted by Gasteiger charge is 2.55. The molecule has 7 nitrogen and oxygen atoms in total. The monoisotopic (exact) mass is 256 g/mol. The summed E-state index contributed by atoms with van der Waals surface area (Å²) in [7, 11) is -3.23. The number of halogens is 1. The Morgan fingerprint density at radius 2 is 1.93 bits per heavy atom. The van der Waals surface area contributed by atoms with Crippen LogP contribution in [0.1, 0.15) is 6.92 Å². The molecule has 1 aliphatic heterocycles. The van der Waals surface area contributed by atoms with Crippen LogP contribution in [-0.2, 0) is 14.9 Å². The Kier molecular flexibility index (Phi) is 2.71. The first-order valence-electron chi connectivity index (χ1n) is 3.83. The van der Waals surface area contributed by atoms with E-state index in [0.29, 0.717) is 9.32 Å². The lowest BCUT2D eigenvalue weighted by Crippen LogP contribution is -2.48. The maximum Gasteiger partial charge on any atom is 0.342 e. The molecule has 3 amide bonds. The van der Waals surface area contributed by atoms with Crippen molar-refractivity contribution in [3.05, 3.63) is 0 Å². The fourth-order valence-electron chi connectivity index (χ4n) is 1.35. The van der Waals surface area contributed by atoms with Crippen LogP contribution in [0.4, 0.5) is 4.79 Å². The number of likely N-dealkylation sites (N-methyl/N-ethyl adjacent to an activating group) is 1. The molecule has 1 heterocycles. The molecule has 15 heavy (non-hydrogen) atoms. The number of urea groups is 1. The summed E-state index contributed by atoms with van der Waals surface area (Å²) in [6.07, 6.45) is 0. The maximum atomic E-state index is 11.5. The molecular formula is C6H9ClN2O5S. The third-order valence-electron chi connectivity index (χ3n) is 2.12. The standard InChI is InChI=1S/C6H9ClN2O5S/c1-6(3-15(12,13)14)4(10)8(2)5(11)9(6)7/h3H2,1-2H3,(H,12,13,14). The van der Waals surface area contributed by atoms with E-state index in [0.717, 1.165) is 6.92 Å². The Balaban J connectivity index is 3.14. The van der Waals surface area contributed by atoms with Gasteiger partial charge in [0.2, 0.25) is 0 Å². The van der Waals surface area contributed by atoms with Crippen LogP contribution in [0, 0.1) is 0 Å². The predicted molar refractivity (Wildman–Crippen MR) is 50.7 cm³/mol. The van der Waals surface area contributed by atoms with Crippen LogP contribution in [0.2, 0.25) is 0 Å². The summed E-state index contributed by atoms with van der Waals surface area (Å²) in [5, 5.41) is 0. The van der Waals surface area contributed by atoms with E-state index >= 15 is 0 Å². The fourth-order valence-corrected chi connectivity index (χ4v) is 2.63. The number of hydrogen-bond donors (Lipinski definition) is 1. The van der Waals surface area contributed by atoms with E-state index in [1.165, 1.54) is 7.05 Å². The van der Waals surface area contributed by atoms with Crippen LogP contribution in [-0.4, -0.2) is 52.6 Å². The largest absolute Gasteiger partial charge is 0.342 e. The molecule has 0 spiro atoms. The van der Waals surface area contributed by atoms with Crippen LogP contribution in [0.5, 0.6) is 0 Å². The maximum absolute atomic E-state index is 11.5. The van der Waals surface area contributed by atoms with Crippen molar-refractivity contribution in [3.63, 3.8) is 0 Å². The van der Waals surface area contributed by atoms with Crippen molar-refractivity contribution >= 4 is 33.8 Å². The van der Waals surface area contributed by atoms with Gasteiger partial charge in [0.1, 0.15) is 5.75 Å². The number of amides is 3. The summed E-state index contributed by atoms with van der Waals surface area (Å²) < 4.78 is 30.5. The van der Waals surface area contributed by atoms with Crippen molar-refractivity contribution in [1.29, 1.82) is 0 Å². The molecule has 0 bridgehead atoms. The molecule has 9 heteroatoms. The normalized spacial score (nSPS) is 27.7. The van der Waals surface area contributed by atoms with Gasteiger partial charge >= 0.3 is 6.03 Å². The average Bonchev–Trinajstić information content (AvgIpc) is 2.19. The van der Waals surface area contributed by atoms with Gasteiger partial charge in [-0.15, -0.1) is 0 Å². The lowest BCUT2D eigenvalue weighted by Gasteiger charge is -2.23. The highest BCUT2D eigenvalue weighted by atomic mass is 35.5. The summed E-state index contributed by atoms with van der Waals surface area (Å²) in [4.78, 5) is 23.5. The Morgan fingerprint density at radius 1 is 1.47 bits per heavy atom. The molecular weight excluding hydrogens is 248 g/mol. The summed E-state index contributed by atoms with van der Waals surface area (Å²) in [5.74, 6) is -1.71. The van der Waals surface area contributed by atoms with E-state index in [9.17, 15) is 18.0 Å². The second-order valence-corrected chi connectivity index (χ2v) is 5.22. The Labute approximate surface area is 91.4 Å². The van der Waals surface area contributed by atoms with Gasteiger partial charge in [-0.05, 0) is 6.92 Å². The average molecular weight is 257 g/mol. The predicted octanol–water partition coefficient (Wildman–Crippen LogP) is -0.319. The lowest BCUT2D eigenvalue weighted by molar-refractivity contribution is -0.130. The number of rotatable bonds is 2. The highest BCUT2D eigenvalue weighted by molar-refractivity contribution is 7.85. The van der Waals surface area contributed by atoms with Gasteiger partial charge in [0.05, 0.1) is 0 Å². The molecule has 0 aromatic heterocycles. The molecule has 1 rings (SSSR count). The van der Waals surface area contributed by atoms with E-state index < -0.39 is 33.3 Å². The Bertz CT molecular complexity index is 421. The lowest BCUT2D eigenvalue weighted by atomic mass is 10.1. The first-order chi connectivity index (χ1) is 6.59. The molecule has 1 unspecified atom stereocenters. The first kappa shape index (κ1) is 12.2. The molecule has 0 aliphatic carbocycles. The van der Waals surface area contributed by atoms with Crippen LogP contribution >= 0.6 is 11.8 Å². The SMILES string of the molecule is CN1C(=O)N(Cl)C(C)(CS(=O)(=O)O)C1=O. The quantitative estimate of drug-likeness (QED) is 0.415. The second-order valence-electron chi connectivity index (χ2n) is 3.43. The summed E-state index contributed by atoms with van der Waals surface area (Å²) in [6.45, 7) is 1.16. The molecule has 1 atom stereocenters. The minimum atomic E-state index is -4.40. The summed E-state index contributed by atoms with van der Waals surface area (Å²) in [5.41, 5.74) is -1.76. The van der Waals surface area contributed by atoms with Crippen molar-refractivity contribution in [1.82, 2.24) is 9.32 Å². The van der Waals surface area contributed by atoms with Crippen molar-refractivity contribution in [2.75, 3.05) is 12.8 Å². The summed E-state index contributed by atoms with van der Waals surface area (Å²) >= 11 is 5.51. The fraction of sp³-hybridized carbons (Fsp3) is 0.667. The zero-order valence-electron chi connectivity index (χ0n) is 7.97. The number of nitrogens with zero attached hydrogens (tertiary/aromatic N) is 2. The van der Waals surface area contributed by atoms with Gasteiger partial charge in [-0.3, -0.25) is 14.2 Å². The molecule has 0 saturated carbocycles. The van der Waals surface area contributed by atoms with Gasteiger partial charge in [0.15, 0.2) is 5.54 Å². The number of imide groups is 1. The van der Waals surface area contributed by atoms with Crippen molar-refractivity contribution in [3.8, 4) is 0 Å². The van der Waals surface area contributed by atoms with Crippen molar-refractivity contribution in [2.45, 2.75) is 12.5 Å². The Morgan fingerprint density at radius 3 is 2.20 bits per heavy atom. The van der Waals surface area contributed by atoms with Crippen LogP contribution in [0.25, 0.3) is 0 Å². The van der Waals surface area contributed by atoms with Gasteiger partial charge < -0.3 is 0 Å². The van der Waals surface area contributed by atoms with Gasteiger partial charge in [-0.2, -0.15) is 8.42 Å². The van der Waals surface area contributed by atoms with E-state index in [1.54, 1.807) is 0 Å². The first-order valence-corrected chi connectivity index (χ1v) is 5.77. The molecule has 86 valence electrons. The number of carbonyl (C=O) groups excluding carboxylic acids is 2. The molecule has 1 saturated heterocycles. The molecule has 0 aromatic rings. The summed E-state index contributed by atoms with van der Waals surface area (Å²) in [6, 6.07) is -0.826. The molecule has 0 aromatic carbocycles. The molecule has 1 fully saturated rings. The third kappa shape index (κ3) is 1.92. The zero-order chi connectivity index (χ0) is 12.0. The minimum Gasteiger partial charge on any atom is -0.285 e. The van der Waals surface area contributed by atoms with E-state index in [1.807, 2.05) is 0 Å². The van der Waals surface area contributed by atoms with E-state index in [4.69, 9.17) is 16.3 Å². The van der Waals surface area contributed by atoms with Crippen LogP contribution in [0.15, 0.2) is 0 Å². The topological polar surface area (TPSA) is 95.0 Å². The number of hydrogen-bond acceptors (Lipinski definition) is 4. The van der Waals surface area contributed by atoms with E-state index in [2.05, 4.69) is 0 Å². The van der Waals surface area contributed by atoms with Crippen molar-refractivity contribution in [2.24, 2.45) is 0 Å². The zero-order valence-corrected chi connectivity index (χ0v) is 9.54. The van der Waals surface area contributed by atoms with Gasteiger partial charge in [-0.25, -0.2) is 9.21 Å². The second kappa shape index (κ2) is 3.32. The molecule has 1 N–H and O–H groups in total. The van der Waals surface area contributed by atoms with Crippen molar-refractivity contribution < 1.29 is 22.6 Å². The molecule has 0 radical (unpaired) electrons. The van der Waals surface area contributed by atoms with Gasteiger partial charge in [-0.1, -0.05) is 0 Å². The smallest absolute Gasteiger partial charge is 0.285 e.